The van der Waals surface area contributed by atoms with Crippen molar-refractivity contribution >= 4 is 11.8 Å². The van der Waals surface area contributed by atoms with Gasteiger partial charge in [-0.05, 0) is 85.5 Å². The molecule has 7 aliphatic rings. The van der Waals surface area contributed by atoms with Gasteiger partial charge in [0.15, 0.2) is 5.78 Å². The van der Waals surface area contributed by atoms with Gasteiger partial charge < -0.3 is 4.74 Å². The topological polar surface area (TPSA) is 43.4 Å². The molecule has 1 heterocycles. The molecule has 6 fully saturated rings. The fourth-order valence-electron chi connectivity index (χ4n) is 9.74. The van der Waals surface area contributed by atoms with Crippen molar-refractivity contribution in [3.8, 4) is 0 Å². The van der Waals surface area contributed by atoms with Crippen LogP contribution in [0.25, 0.3) is 0 Å². The minimum absolute atomic E-state index is 0.0561. The molecule has 1 aliphatic heterocycles. The zero-order chi connectivity index (χ0) is 18.3. The van der Waals surface area contributed by atoms with E-state index < -0.39 is 0 Å². The van der Waals surface area contributed by atoms with Gasteiger partial charge in [0.2, 0.25) is 0 Å². The van der Waals surface area contributed by atoms with Crippen LogP contribution in [0.4, 0.5) is 0 Å². The molecular weight excluding hydrogens is 339 g/mol. The van der Waals surface area contributed by atoms with Gasteiger partial charge >= 0.3 is 5.97 Å². The minimum atomic E-state index is -0.131. The molecule has 0 unspecified atom stereocenters. The lowest BCUT2D eigenvalue weighted by Gasteiger charge is -2.60. The van der Waals surface area contributed by atoms with Crippen LogP contribution in [-0.2, 0) is 14.3 Å². The van der Waals surface area contributed by atoms with E-state index in [0.717, 1.165) is 48.9 Å². The number of esters is 1. The molecule has 6 aliphatic carbocycles. The highest BCUT2D eigenvalue weighted by atomic mass is 16.7. The van der Waals surface area contributed by atoms with Gasteiger partial charge in [0, 0.05) is 24.2 Å². The first-order valence-corrected chi connectivity index (χ1v) is 11.4. The zero-order valence-electron chi connectivity index (χ0n) is 16.5. The summed E-state index contributed by atoms with van der Waals surface area (Å²) < 4.78 is 6.22. The van der Waals surface area contributed by atoms with Crippen molar-refractivity contribution in [2.24, 2.45) is 52.3 Å². The Morgan fingerprint density at radius 2 is 1.85 bits per heavy atom. The maximum absolute atomic E-state index is 12.2. The Kier molecular flexibility index (Phi) is 2.56. The van der Waals surface area contributed by atoms with Gasteiger partial charge in [-0.2, -0.15) is 0 Å². The van der Waals surface area contributed by atoms with Gasteiger partial charge in [-0.3, -0.25) is 9.59 Å². The summed E-state index contributed by atoms with van der Waals surface area (Å²) in [5.41, 5.74) is 1.85. The molecule has 10 atom stereocenters. The largest absolute Gasteiger partial charge is 0.458 e. The number of hydrogen-bond acceptors (Lipinski definition) is 3. The Labute approximate surface area is 161 Å². The van der Waals surface area contributed by atoms with Crippen molar-refractivity contribution in [3.63, 3.8) is 0 Å². The summed E-state index contributed by atoms with van der Waals surface area (Å²) in [5, 5.41) is 0. The van der Waals surface area contributed by atoms with Crippen molar-refractivity contribution in [2.75, 3.05) is 0 Å². The SMILES string of the molecule is C[C@@]12CCC(=O)C=C1[C@H]1C[C@H]1[C@@H]1[C@H]3[C@H]4C[C@H]4[C@]4([13CH2][13CH2][13C](=O)O4)[C@]3(C)CC[C@H]12. The van der Waals surface area contributed by atoms with Crippen molar-refractivity contribution in [1.29, 1.82) is 0 Å². The van der Waals surface area contributed by atoms with Gasteiger partial charge in [-0.15, -0.1) is 0 Å². The first-order chi connectivity index (χ1) is 12.9. The maximum atomic E-state index is 12.2. The Morgan fingerprint density at radius 3 is 2.63 bits per heavy atom. The predicted octanol–water partition coefficient (Wildman–Crippen LogP) is 4.31. The molecule has 1 spiro atoms. The van der Waals surface area contributed by atoms with E-state index in [0.29, 0.717) is 24.0 Å². The first kappa shape index (κ1) is 15.8. The van der Waals surface area contributed by atoms with Gasteiger partial charge in [0.05, 0.1) is 0 Å². The summed E-state index contributed by atoms with van der Waals surface area (Å²) >= 11 is 0. The lowest BCUT2D eigenvalue weighted by Crippen LogP contribution is -2.57. The van der Waals surface area contributed by atoms with Gasteiger partial charge in [-0.1, -0.05) is 19.4 Å². The molecule has 27 heavy (non-hydrogen) atoms. The van der Waals surface area contributed by atoms with Crippen LogP contribution in [0.5, 0.6) is 0 Å². The molecule has 5 saturated carbocycles. The van der Waals surface area contributed by atoms with E-state index in [4.69, 9.17) is 4.74 Å². The van der Waals surface area contributed by atoms with E-state index in [9.17, 15) is 9.59 Å². The molecule has 7 rings (SSSR count). The van der Waals surface area contributed by atoms with Gasteiger partial charge in [0.25, 0.3) is 0 Å². The second-order valence-electron chi connectivity index (χ2n) is 11.5. The summed E-state index contributed by atoms with van der Waals surface area (Å²) in [6.45, 7) is 4.99. The molecule has 144 valence electrons. The number of fused-ring (bicyclic) bond motifs is 12. The number of rotatable bonds is 0. The number of ether oxygens (including phenoxy) is 1. The van der Waals surface area contributed by atoms with Crippen molar-refractivity contribution in [3.05, 3.63) is 11.6 Å². The third kappa shape index (κ3) is 1.58. The lowest BCUT2D eigenvalue weighted by molar-refractivity contribution is -0.177. The van der Waals surface area contributed by atoms with E-state index in [1.165, 1.54) is 31.3 Å². The Hall–Kier alpha value is -1.12. The van der Waals surface area contributed by atoms with Crippen LogP contribution < -0.4 is 0 Å². The Bertz CT molecular complexity index is 827. The maximum Gasteiger partial charge on any atom is 0.306 e. The summed E-state index contributed by atoms with van der Waals surface area (Å²) in [7, 11) is 0. The average molecular weight is 369 g/mol. The van der Waals surface area contributed by atoms with Crippen molar-refractivity contribution in [2.45, 2.75) is 70.8 Å². The van der Waals surface area contributed by atoms with Crippen LogP contribution in [0.2, 0.25) is 0 Å². The summed E-state index contributed by atoms with van der Waals surface area (Å²) in [5.74, 6) is 5.65. The van der Waals surface area contributed by atoms with Crippen molar-refractivity contribution in [1.82, 2.24) is 0 Å². The third-order valence-corrected chi connectivity index (χ3v) is 10.9. The number of ketones is 1. The van der Waals surface area contributed by atoms with E-state index in [2.05, 4.69) is 19.9 Å². The summed E-state index contributed by atoms with van der Waals surface area (Å²) in [6.07, 6.45) is 10.6. The molecule has 0 aromatic carbocycles. The molecule has 0 amide bonds. The van der Waals surface area contributed by atoms with E-state index >= 15 is 0 Å². The second kappa shape index (κ2) is 4.39. The third-order valence-electron chi connectivity index (χ3n) is 10.9. The molecule has 1 saturated heterocycles. The Morgan fingerprint density at radius 1 is 1.00 bits per heavy atom. The van der Waals surface area contributed by atoms with Crippen LogP contribution in [-0.4, -0.2) is 17.4 Å². The molecular formula is C24H30O3. The van der Waals surface area contributed by atoms with Crippen LogP contribution >= 0.6 is 0 Å². The van der Waals surface area contributed by atoms with E-state index in [1.807, 2.05) is 0 Å². The zero-order valence-corrected chi connectivity index (χ0v) is 16.5. The first-order valence-electron chi connectivity index (χ1n) is 11.4. The van der Waals surface area contributed by atoms with Gasteiger partial charge in [0.1, 0.15) is 5.60 Å². The van der Waals surface area contributed by atoms with Crippen molar-refractivity contribution < 1.29 is 14.3 Å². The highest BCUT2D eigenvalue weighted by Crippen LogP contribution is 2.82. The smallest absolute Gasteiger partial charge is 0.306 e. The van der Waals surface area contributed by atoms with E-state index in [-0.39, 0.29) is 22.4 Å². The standard InChI is InChI=1S/C24H30O3/c1-22-6-3-12(25)9-17(22)13-10-14(13)20-16(22)4-7-23(2)21(20)15-11-18(15)24(23)8-5-19(26)27-24/h9,13-16,18,20-21H,3-8,10-11H2,1-2H3/t13-,14+,15-,16+,18+,20-,21+,22-,23+,24+/m0/s1/i5+1,8+1,19+1. The Balaban J connectivity index is 1.33. The quantitative estimate of drug-likeness (QED) is 0.472. The lowest BCUT2D eigenvalue weighted by atomic mass is 9.46. The number of carbonyl (C=O) groups excluding carboxylic acids is 2. The van der Waals surface area contributed by atoms with Gasteiger partial charge in [-0.25, -0.2) is 0 Å². The second-order valence-corrected chi connectivity index (χ2v) is 11.5. The summed E-state index contributed by atoms with van der Waals surface area (Å²) in [6, 6.07) is 0. The predicted molar refractivity (Wildman–Crippen MR) is 99.5 cm³/mol. The molecule has 0 N–H and O–H groups in total. The molecule has 0 aromatic rings. The normalized spacial score (nSPS) is 62.0. The molecule has 3 nitrogen and oxygen atoms in total. The fraction of sp³-hybridized carbons (Fsp3) is 0.833. The van der Waals surface area contributed by atoms with E-state index in [1.54, 1.807) is 0 Å². The van der Waals surface area contributed by atoms with Crippen LogP contribution in [0, 0.1) is 52.3 Å². The van der Waals surface area contributed by atoms with Crippen LogP contribution in [0.3, 0.4) is 0 Å². The minimum Gasteiger partial charge on any atom is -0.458 e. The van der Waals surface area contributed by atoms with Crippen LogP contribution in [0.1, 0.15) is 65.2 Å². The molecule has 0 bridgehead atoms. The fourth-order valence-corrected chi connectivity index (χ4v) is 9.74. The van der Waals surface area contributed by atoms with Crippen LogP contribution in [0.15, 0.2) is 11.6 Å². The average Bonchev–Trinajstić information content (AvgIpc) is 3.53. The highest BCUT2D eigenvalue weighted by Gasteiger charge is 2.81. The summed E-state index contributed by atoms with van der Waals surface area (Å²) in [4.78, 5) is 24.3. The highest BCUT2D eigenvalue weighted by molar-refractivity contribution is 5.92. The monoisotopic (exact) mass is 369 g/mol. The molecule has 0 radical (unpaired) electrons. The molecule has 3 heteroatoms. The number of allylic oxidation sites excluding steroid dienone is 1. The molecule has 0 aromatic heterocycles. The number of carbonyl (C=O) groups is 2. The number of hydrogen-bond donors (Lipinski definition) is 0.